The lowest BCUT2D eigenvalue weighted by molar-refractivity contribution is 0.354. The lowest BCUT2D eigenvalue weighted by Crippen LogP contribution is -2.27. The van der Waals surface area contributed by atoms with Crippen molar-refractivity contribution in [3.63, 3.8) is 0 Å². The zero-order valence-electron chi connectivity index (χ0n) is 12.0. The molecule has 1 nitrogen and oxygen atoms in total. The average Bonchev–Trinajstić information content (AvgIpc) is 2.55. The number of rotatable bonds is 4. The molecule has 1 fully saturated rings. The zero-order chi connectivity index (χ0) is 13.6. The Kier molecular flexibility index (Phi) is 4.49. The molecule has 104 valence electrons. The van der Waals surface area contributed by atoms with Crippen LogP contribution in [-0.4, -0.2) is 13.1 Å². The first-order valence-corrected chi connectivity index (χ1v) is 7.77. The molecule has 1 N–H and O–H groups in total. The summed E-state index contributed by atoms with van der Waals surface area (Å²) in [6, 6.07) is 19.7. The van der Waals surface area contributed by atoms with Crippen LogP contribution < -0.4 is 5.32 Å². The Morgan fingerprint density at radius 2 is 1.60 bits per heavy atom. The molecule has 0 radical (unpaired) electrons. The van der Waals surface area contributed by atoms with Gasteiger partial charge >= 0.3 is 0 Å². The summed E-state index contributed by atoms with van der Waals surface area (Å²) in [7, 11) is 0. The maximum Gasteiger partial charge on any atom is -0.00463 e. The summed E-state index contributed by atoms with van der Waals surface area (Å²) >= 11 is 0. The fourth-order valence-corrected chi connectivity index (χ4v) is 3.08. The van der Waals surface area contributed by atoms with Crippen LogP contribution in [0.15, 0.2) is 54.6 Å². The SMILES string of the molecule is c1ccc(-c2cccc(CCC3CCNCC3)c2)cc1. The monoisotopic (exact) mass is 265 g/mol. The van der Waals surface area contributed by atoms with Gasteiger partial charge in [-0.2, -0.15) is 0 Å². The quantitative estimate of drug-likeness (QED) is 0.869. The van der Waals surface area contributed by atoms with E-state index in [1.54, 1.807) is 0 Å². The predicted molar refractivity (Wildman–Crippen MR) is 85.8 cm³/mol. The van der Waals surface area contributed by atoms with Crippen LogP contribution in [0.3, 0.4) is 0 Å². The first-order valence-electron chi connectivity index (χ1n) is 7.77. The highest BCUT2D eigenvalue weighted by Gasteiger charge is 2.12. The number of hydrogen-bond donors (Lipinski definition) is 1. The molecule has 0 atom stereocenters. The molecule has 0 spiro atoms. The fourth-order valence-electron chi connectivity index (χ4n) is 3.08. The van der Waals surface area contributed by atoms with Crippen molar-refractivity contribution >= 4 is 0 Å². The van der Waals surface area contributed by atoms with E-state index in [1.165, 1.54) is 55.5 Å². The van der Waals surface area contributed by atoms with E-state index >= 15 is 0 Å². The highest BCUT2D eigenvalue weighted by atomic mass is 14.9. The Morgan fingerprint density at radius 1 is 0.850 bits per heavy atom. The molecule has 1 heteroatoms. The molecular formula is C19H23N. The van der Waals surface area contributed by atoms with E-state index in [-0.39, 0.29) is 0 Å². The van der Waals surface area contributed by atoms with Crippen LogP contribution in [0.1, 0.15) is 24.8 Å². The summed E-state index contributed by atoms with van der Waals surface area (Å²) in [6.07, 6.45) is 5.24. The fraction of sp³-hybridized carbons (Fsp3) is 0.368. The van der Waals surface area contributed by atoms with Crippen LogP contribution in [0.5, 0.6) is 0 Å². The molecule has 2 aromatic carbocycles. The van der Waals surface area contributed by atoms with E-state index in [4.69, 9.17) is 0 Å². The summed E-state index contributed by atoms with van der Waals surface area (Å²) in [5.74, 6) is 0.914. The minimum Gasteiger partial charge on any atom is -0.317 e. The van der Waals surface area contributed by atoms with Gasteiger partial charge in [-0.25, -0.2) is 0 Å². The maximum absolute atomic E-state index is 3.44. The van der Waals surface area contributed by atoms with Crippen molar-refractivity contribution in [3.05, 3.63) is 60.2 Å². The van der Waals surface area contributed by atoms with E-state index < -0.39 is 0 Å². The number of aryl methyl sites for hydroxylation is 1. The molecule has 1 aliphatic heterocycles. The van der Waals surface area contributed by atoms with Crippen molar-refractivity contribution in [1.82, 2.24) is 5.32 Å². The van der Waals surface area contributed by atoms with Crippen molar-refractivity contribution in [3.8, 4) is 11.1 Å². The van der Waals surface area contributed by atoms with Crippen LogP contribution in [-0.2, 0) is 6.42 Å². The molecule has 20 heavy (non-hydrogen) atoms. The normalized spacial score (nSPS) is 16.2. The second-order valence-electron chi connectivity index (χ2n) is 5.80. The van der Waals surface area contributed by atoms with Crippen molar-refractivity contribution < 1.29 is 0 Å². The van der Waals surface area contributed by atoms with Crippen LogP contribution in [0, 0.1) is 5.92 Å². The van der Waals surface area contributed by atoms with E-state index in [2.05, 4.69) is 59.9 Å². The van der Waals surface area contributed by atoms with Crippen LogP contribution in [0.4, 0.5) is 0 Å². The van der Waals surface area contributed by atoms with E-state index in [0.29, 0.717) is 0 Å². The van der Waals surface area contributed by atoms with Gasteiger partial charge in [0, 0.05) is 0 Å². The Labute approximate surface area is 122 Å². The summed E-state index contributed by atoms with van der Waals surface area (Å²) in [5.41, 5.74) is 4.13. The molecule has 2 aromatic rings. The molecule has 0 bridgehead atoms. The predicted octanol–water partition coefficient (Wildman–Crippen LogP) is 4.29. The van der Waals surface area contributed by atoms with Crippen LogP contribution in [0.2, 0.25) is 0 Å². The van der Waals surface area contributed by atoms with Crippen molar-refractivity contribution in [2.45, 2.75) is 25.7 Å². The van der Waals surface area contributed by atoms with Crippen LogP contribution >= 0.6 is 0 Å². The molecule has 1 heterocycles. The van der Waals surface area contributed by atoms with Gasteiger partial charge in [0.25, 0.3) is 0 Å². The van der Waals surface area contributed by atoms with E-state index in [0.717, 1.165) is 5.92 Å². The number of nitrogens with one attached hydrogen (secondary N) is 1. The second-order valence-corrected chi connectivity index (χ2v) is 5.80. The molecule has 1 aliphatic rings. The minimum absolute atomic E-state index is 0.914. The molecule has 0 saturated carbocycles. The van der Waals surface area contributed by atoms with Gasteiger partial charge < -0.3 is 5.32 Å². The van der Waals surface area contributed by atoms with Gasteiger partial charge in [-0.3, -0.25) is 0 Å². The van der Waals surface area contributed by atoms with Gasteiger partial charge in [-0.1, -0.05) is 54.6 Å². The number of piperidine rings is 1. The Morgan fingerprint density at radius 3 is 2.40 bits per heavy atom. The Hall–Kier alpha value is -1.60. The van der Waals surface area contributed by atoms with Gasteiger partial charge in [0.1, 0.15) is 0 Å². The summed E-state index contributed by atoms with van der Waals surface area (Å²) in [6.45, 7) is 2.41. The second kappa shape index (κ2) is 6.71. The van der Waals surface area contributed by atoms with Crippen molar-refractivity contribution in [1.29, 1.82) is 0 Å². The number of benzene rings is 2. The smallest absolute Gasteiger partial charge is 0.00463 e. The van der Waals surface area contributed by atoms with Gasteiger partial charge in [-0.15, -0.1) is 0 Å². The molecule has 0 aliphatic carbocycles. The first kappa shape index (κ1) is 13.4. The minimum atomic E-state index is 0.914. The summed E-state index contributed by atoms with van der Waals surface area (Å²) in [4.78, 5) is 0. The standard InChI is InChI=1S/C19H23N/c1-2-6-18(7-3-1)19-8-4-5-17(15-19)10-9-16-11-13-20-14-12-16/h1-8,15-16,20H,9-14H2. The third-order valence-corrected chi connectivity index (χ3v) is 4.33. The molecule has 0 unspecified atom stereocenters. The topological polar surface area (TPSA) is 12.0 Å². The van der Waals surface area contributed by atoms with Gasteiger partial charge in [0.15, 0.2) is 0 Å². The summed E-state index contributed by atoms with van der Waals surface area (Å²) < 4.78 is 0. The zero-order valence-corrected chi connectivity index (χ0v) is 12.0. The molecule has 0 amide bonds. The number of hydrogen-bond acceptors (Lipinski definition) is 1. The third-order valence-electron chi connectivity index (χ3n) is 4.33. The highest BCUT2D eigenvalue weighted by Crippen LogP contribution is 2.23. The van der Waals surface area contributed by atoms with E-state index in [1.807, 2.05) is 0 Å². The summed E-state index contributed by atoms with van der Waals surface area (Å²) in [5, 5.41) is 3.44. The van der Waals surface area contributed by atoms with Gasteiger partial charge in [0.05, 0.1) is 0 Å². The Balaban J connectivity index is 1.65. The van der Waals surface area contributed by atoms with Gasteiger partial charge in [-0.05, 0) is 61.4 Å². The largest absolute Gasteiger partial charge is 0.317 e. The molecule has 1 saturated heterocycles. The highest BCUT2D eigenvalue weighted by molar-refractivity contribution is 5.63. The van der Waals surface area contributed by atoms with Crippen molar-refractivity contribution in [2.24, 2.45) is 5.92 Å². The third kappa shape index (κ3) is 3.49. The average molecular weight is 265 g/mol. The van der Waals surface area contributed by atoms with Crippen LogP contribution in [0.25, 0.3) is 11.1 Å². The molecule has 0 aromatic heterocycles. The molecular weight excluding hydrogens is 242 g/mol. The van der Waals surface area contributed by atoms with Crippen molar-refractivity contribution in [2.75, 3.05) is 13.1 Å². The first-order chi connectivity index (χ1) is 9.92. The maximum atomic E-state index is 3.44. The van der Waals surface area contributed by atoms with Gasteiger partial charge in [0.2, 0.25) is 0 Å². The lowest BCUT2D eigenvalue weighted by atomic mass is 9.91. The lowest BCUT2D eigenvalue weighted by Gasteiger charge is -2.22. The molecule has 3 rings (SSSR count). The van der Waals surface area contributed by atoms with E-state index in [9.17, 15) is 0 Å². The Bertz CT molecular complexity index is 526.